The van der Waals surface area contributed by atoms with E-state index in [1.807, 2.05) is 18.0 Å². The Labute approximate surface area is 111 Å². The third-order valence-corrected chi connectivity index (χ3v) is 4.47. The number of aryl methyl sites for hydroxylation is 1. The van der Waals surface area contributed by atoms with Crippen LogP contribution in [0, 0.1) is 10.1 Å². The SMILES string of the molecule is CN1C(=O)CC[C@H]2c3cc([N+](=O)[O-])ccc3CC[C@@H]21. The number of nitro groups is 1. The number of rotatable bonds is 1. The standard InChI is InChI=1S/C14H16N2O3/c1-15-13-6-3-9-2-4-10(16(18)19)8-12(9)11(13)5-7-14(15)17/h2,4,8,11,13H,3,5-7H2,1H3/t11-,13-/m0/s1. The van der Waals surface area contributed by atoms with Crippen molar-refractivity contribution in [2.45, 2.75) is 37.6 Å². The average molecular weight is 260 g/mol. The molecule has 1 aromatic rings. The van der Waals surface area contributed by atoms with Crippen molar-refractivity contribution in [3.63, 3.8) is 0 Å². The highest BCUT2D eigenvalue weighted by atomic mass is 16.6. The zero-order valence-electron chi connectivity index (χ0n) is 10.8. The van der Waals surface area contributed by atoms with Crippen molar-refractivity contribution in [1.82, 2.24) is 4.90 Å². The van der Waals surface area contributed by atoms with Gasteiger partial charge in [-0.1, -0.05) is 6.07 Å². The molecule has 2 atom stereocenters. The van der Waals surface area contributed by atoms with Gasteiger partial charge in [0.15, 0.2) is 0 Å². The number of hydrogen-bond acceptors (Lipinski definition) is 3. The van der Waals surface area contributed by atoms with Crippen LogP contribution >= 0.6 is 0 Å². The molecule has 1 heterocycles. The van der Waals surface area contributed by atoms with Gasteiger partial charge in [0.25, 0.3) is 5.69 Å². The normalized spacial score (nSPS) is 25.7. The third-order valence-electron chi connectivity index (χ3n) is 4.47. The molecule has 0 N–H and O–H groups in total. The minimum Gasteiger partial charge on any atom is -0.342 e. The second-order valence-corrected chi connectivity index (χ2v) is 5.40. The summed E-state index contributed by atoms with van der Waals surface area (Å²) in [6.07, 6.45) is 3.20. The molecule has 1 amide bonds. The number of benzene rings is 1. The van der Waals surface area contributed by atoms with Crippen LogP contribution in [0.25, 0.3) is 0 Å². The number of piperidine rings is 1. The van der Waals surface area contributed by atoms with Crippen LogP contribution in [-0.2, 0) is 11.2 Å². The van der Waals surface area contributed by atoms with E-state index in [-0.39, 0.29) is 28.5 Å². The van der Waals surface area contributed by atoms with E-state index in [4.69, 9.17) is 0 Å². The van der Waals surface area contributed by atoms with Crippen molar-refractivity contribution in [3.05, 3.63) is 39.4 Å². The second kappa shape index (κ2) is 4.33. The quantitative estimate of drug-likeness (QED) is 0.574. The summed E-state index contributed by atoms with van der Waals surface area (Å²) < 4.78 is 0. The number of hydrogen-bond donors (Lipinski definition) is 0. The maximum absolute atomic E-state index is 11.8. The molecule has 1 aliphatic carbocycles. The van der Waals surface area contributed by atoms with Crippen molar-refractivity contribution in [2.24, 2.45) is 0 Å². The summed E-state index contributed by atoms with van der Waals surface area (Å²) in [5, 5.41) is 10.9. The van der Waals surface area contributed by atoms with Crippen molar-refractivity contribution in [1.29, 1.82) is 0 Å². The number of likely N-dealkylation sites (N-methyl/N-ethyl adjacent to an activating group) is 1. The molecule has 0 saturated carbocycles. The molecule has 5 nitrogen and oxygen atoms in total. The number of likely N-dealkylation sites (tertiary alicyclic amines) is 1. The molecule has 0 unspecified atom stereocenters. The predicted molar refractivity (Wildman–Crippen MR) is 70.0 cm³/mol. The smallest absolute Gasteiger partial charge is 0.269 e. The van der Waals surface area contributed by atoms with Gasteiger partial charge in [-0.3, -0.25) is 14.9 Å². The highest BCUT2D eigenvalue weighted by Gasteiger charge is 2.38. The molecule has 100 valence electrons. The van der Waals surface area contributed by atoms with E-state index in [1.54, 1.807) is 12.1 Å². The lowest BCUT2D eigenvalue weighted by molar-refractivity contribution is -0.385. The monoisotopic (exact) mass is 260 g/mol. The van der Waals surface area contributed by atoms with Crippen LogP contribution in [0.3, 0.4) is 0 Å². The lowest BCUT2D eigenvalue weighted by atomic mass is 9.74. The van der Waals surface area contributed by atoms with Gasteiger partial charge in [-0.2, -0.15) is 0 Å². The summed E-state index contributed by atoms with van der Waals surface area (Å²) in [6.45, 7) is 0. The van der Waals surface area contributed by atoms with Crippen LogP contribution in [0.5, 0.6) is 0 Å². The van der Waals surface area contributed by atoms with Gasteiger partial charge in [-0.15, -0.1) is 0 Å². The summed E-state index contributed by atoms with van der Waals surface area (Å²) in [5.41, 5.74) is 2.43. The molecule has 1 aliphatic heterocycles. The minimum atomic E-state index is -0.346. The Morgan fingerprint density at radius 1 is 1.32 bits per heavy atom. The molecule has 19 heavy (non-hydrogen) atoms. The topological polar surface area (TPSA) is 63.5 Å². The fraction of sp³-hybridized carbons (Fsp3) is 0.500. The van der Waals surface area contributed by atoms with Gasteiger partial charge in [0, 0.05) is 37.6 Å². The van der Waals surface area contributed by atoms with Gasteiger partial charge >= 0.3 is 0 Å². The highest BCUT2D eigenvalue weighted by molar-refractivity contribution is 5.77. The summed E-state index contributed by atoms with van der Waals surface area (Å²) >= 11 is 0. The van der Waals surface area contributed by atoms with Crippen molar-refractivity contribution in [2.75, 3.05) is 7.05 Å². The molecule has 0 spiro atoms. The van der Waals surface area contributed by atoms with E-state index in [0.29, 0.717) is 6.42 Å². The average Bonchev–Trinajstić information content (AvgIpc) is 2.41. The van der Waals surface area contributed by atoms with Crippen LogP contribution in [0.1, 0.15) is 36.3 Å². The predicted octanol–water partition coefficient (Wildman–Crippen LogP) is 2.25. The lowest BCUT2D eigenvalue weighted by Gasteiger charge is -2.42. The molecule has 1 fully saturated rings. The first-order valence-corrected chi connectivity index (χ1v) is 6.61. The molecule has 5 heteroatoms. The highest BCUT2D eigenvalue weighted by Crippen LogP contribution is 2.41. The van der Waals surface area contributed by atoms with E-state index in [1.165, 1.54) is 5.56 Å². The third kappa shape index (κ3) is 1.89. The first-order chi connectivity index (χ1) is 9.08. The fourth-order valence-corrected chi connectivity index (χ4v) is 3.43. The van der Waals surface area contributed by atoms with Gasteiger partial charge in [0.05, 0.1) is 4.92 Å². The number of fused-ring (bicyclic) bond motifs is 3. The van der Waals surface area contributed by atoms with Crippen LogP contribution in [-0.4, -0.2) is 28.8 Å². The zero-order chi connectivity index (χ0) is 13.6. The van der Waals surface area contributed by atoms with Crippen molar-refractivity contribution < 1.29 is 9.72 Å². The molecule has 1 aromatic carbocycles. The summed E-state index contributed by atoms with van der Waals surface area (Å²) in [4.78, 5) is 24.1. The second-order valence-electron chi connectivity index (χ2n) is 5.40. The number of nitrogens with zero attached hydrogens (tertiary/aromatic N) is 2. The van der Waals surface area contributed by atoms with Crippen LogP contribution in [0.2, 0.25) is 0 Å². The Balaban J connectivity index is 2.01. The van der Waals surface area contributed by atoms with E-state index >= 15 is 0 Å². The van der Waals surface area contributed by atoms with Gasteiger partial charge in [0.1, 0.15) is 0 Å². The maximum Gasteiger partial charge on any atom is 0.269 e. The largest absolute Gasteiger partial charge is 0.342 e. The first kappa shape index (κ1) is 12.1. The van der Waals surface area contributed by atoms with Crippen molar-refractivity contribution >= 4 is 11.6 Å². The van der Waals surface area contributed by atoms with E-state index in [0.717, 1.165) is 24.8 Å². The molecule has 0 radical (unpaired) electrons. The van der Waals surface area contributed by atoms with Gasteiger partial charge in [0.2, 0.25) is 5.91 Å². The minimum absolute atomic E-state index is 0.152. The lowest BCUT2D eigenvalue weighted by Crippen LogP contribution is -2.47. The Kier molecular flexibility index (Phi) is 2.77. The molecule has 2 aliphatic rings. The van der Waals surface area contributed by atoms with Crippen LogP contribution in [0.4, 0.5) is 5.69 Å². The van der Waals surface area contributed by atoms with E-state index < -0.39 is 0 Å². The Bertz CT molecular complexity index is 556. The van der Waals surface area contributed by atoms with Gasteiger partial charge in [-0.05, 0) is 30.4 Å². The molecular formula is C14H16N2O3. The molecule has 1 saturated heterocycles. The fourth-order valence-electron chi connectivity index (χ4n) is 3.43. The molecular weight excluding hydrogens is 244 g/mol. The van der Waals surface area contributed by atoms with Crippen LogP contribution < -0.4 is 0 Å². The van der Waals surface area contributed by atoms with E-state index in [9.17, 15) is 14.9 Å². The summed E-state index contributed by atoms with van der Waals surface area (Å²) in [5.74, 6) is 0.446. The number of nitro benzene ring substituents is 1. The zero-order valence-corrected chi connectivity index (χ0v) is 10.8. The summed E-state index contributed by atoms with van der Waals surface area (Å²) in [7, 11) is 1.85. The molecule has 0 aromatic heterocycles. The Morgan fingerprint density at radius 2 is 2.11 bits per heavy atom. The van der Waals surface area contributed by atoms with Gasteiger partial charge < -0.3 is 4.90 Å². The summed E-state index contributed by atoms with van der Waals surface area (Å²) in [6, 6.07) is 5.36. The maximum atomic E-state index is 11.8. The number of carbonyl (C=O) groups excluding carboxylic acids is 1. The number of carbonyl (C=O) groups is 1. The van der Waals surface area contributed by atoms with Crippen LogP contribution in [0.15, 0.2) is 18.2 Å². The molecule has 3 rings (SSSR count). The number of non-ortho nitro benzene ring substituents is 1. The Morgan fingerprint density at radius 3 is 2.84 bits per heavy atom. The Hall–Kier alpha value is -1.91. The van der Waals surface area contributed by atoms with Crippen molar-refractivity contribution in [3.8, 4) is 0 Å². The molecule has 0 bridgehead atoms. The van der Waals surface area contributed by atoms with E-state index in [2.05, 4.69) is 0 Å². The van der Waals surface area contributed by atoms with Gasteiger partial charge in [-0.25, -0.2) is 0 Å². The number of amides is 1. The first-order valence-electron chi connectivity index (χ1n) is 6.61.